The van der Waals surface area contributed by atoms with E-state index in [1.807, 2.05) is 19.1 Å². The van der Waals surface area contributed by atoms with E-state index in [-0.39, 0.29) is 10.7 Å². The minimum Gasteiger partial charge on any atom is -0.261 e. The normalized spacial score (nSPS) is 10.8. The second-order valence-electron chi connectivity index (χ2n) is 4.77. The van der Waals surface area contributed by atoms with Gasteiger partial charge in [0.05, 0.1) is 10.6 Å². The van der Waals surface area contributed by atoms with Gasteiger partial charge in [-0.3, -0.25) is 19.5 Å². The number of nitro groups is 1. The maximum Gasteiger partial charge on any atom is 0.353 e. The molecule has 0 radical (unpaired) electrons. The minimum atomic E-state index is -0.801. The number of benzene rings is 1. The Kier molecular flexibility index (Phi) is 3.38. The van der Waals surface area contributed by atoms with Gasteiger partial charge in [-0.25, -0.2) is 4.98 Å². The van der Waals surface area contributed by atoms with Crippen molar-refractivity contribution in [1.82, 2.24) is 9.55 Å². The Bertz CT molecular complexity index is 949. The van der Waals surface area contributed by atoms with Gasteiger partial charge in [-0.05, 0) is 31.2 Å². The lowest BCUT2D eigenvalue weighted by atomic mass is 10.2. The fourth-order valence-electron chi connectivity index (χ4n) is 2.26. The van der Waals surface area contributed by atoms with Gasteiger partial charge in [-0.2, -0.15) is 0 Å². The molecular formula is C15H10ClN3O3. The van der Waals surface area contributed by atoms with E-state index in [9.17, 15) is 14.9 Å². The van der Waals surface area contributed by atoms with Crippen molar-refractivity contribution in [2.75, 3.05) is 0 Å². The highest BCUT2D eigenvalue weighted by molar-refractivity contribution is 6.37. The van der Waals surface area contributed by atoms with Gasteiger partial charge in [0.15, 0.2) is 0 Å². The highest BCUT2D eigenvalue weighted by Crippen LogP contribution is 2.29. The molecule has 0 bridgehead atoms. The summed E-state index contributed by atoms with van der Waals surface area (Å²) in [6.07, 6.45) is 1.51. The number of hydrogen-bond donors (Lipinski definition) is 0. The van der Waals surface area contributed by atoms with Crippen LogP contribution in [-0.4, -0.2) is 14.5 Å². The summed E-state index contributed by atoms with van der Waals surface area (Å²) >= 11 is 6.03. The molecule has 0 aliphatic heterocycles. The number of aromatic nitrogens is 2. The highest BCUT2D eigenvalue weighted by Gasteiger charge is 2.25. The van der Waals surface area contributed by atoms with Gasteiger partial charge in [-0.1, -0.05) is 29.3 Å². The Morgan fingerprint density at radius 2 is 1.91 bits per heavy atom. The molecule has 0 aliphatic carbocycles. The van der Waals surface area contributed by atoms with Gasteiger partial charge < -0.3 is 0 Å². The lowest BCUT2D eigenvalue weighted by Crippen LogP contribution is -2.22. The van der Waals surface area contributed by atoms with Crippen molar-refractivity contribution < 1.29 is 4.92 Å². The fraction of sp³-hybridized carbons (Fsp3) is 0.0667. The molecule has 6 nitrogen and oxygen atoms in total. The third kappa shape index (κ3) is 2.14. The lowest BCUT2D eigenvalue weighted by molar-refractivity contribution is -0.386. The zero-order valence-electron chi connectivity index (χ0n) is 11.5. The topological polar surface area (TPSA) is 78.0 Å². The van der Waals surface area contributed by atoms with E-state index in [0.717, 1.165) is 5.56 Å². The monoisotopic (exact) mass is 315 g/mol. The van der Waals surface area contributed by atoms with Crippen LogP contribution in [0.5, 0.6) is 0 Å². The summed E-state index contributed by atoms with van der Waals surface area (Å²) in [5.74, 6) is 0. The molecule has 0 aliphatic rings. The second-order valence-corrected chi connectivity index (χ2v) is 5.15. The van der Waals surface area contributed by atoms with Crippen molar-refractivity contribution in [3.8, 4) is 5.69 Å². The molecule has 0 amide bonds. The number of hydrogen-bond acceptors (Lipinski definition) is 4. The SMILES string of the molecule is Cc1ccc(-n2c(=O)c([N+](=O)[O-])c(Cl)c3cccnc32)cc1. The van der Waals surface area contributed by atoms with Gasteiger partial charge in [0, 0.05) is 11.6 Å². The molecule has 3 rings (SSSR count). The quantitative estimate of drug-likeness (QED) is 0.537. The summed E-state index contributed by atoms with van der Waals surface area (Å²) < 4.78 is 1.21. The zero-order valence-corrected chi connectivity index (χ0v) is 12.2. The maximum absolute atomic E-state index is 12.5. The second kappa shape index (κ2) is 5.23. The number of rotatable bonds is 2. The maximum atomic E-state index is 12.5. The molecule has 0 saturated carbocycles. The van der Waals surface area contributed by atoms with Crippen LogP contribution >= 0.6 is 11.6 Å². The van der Waals surface area contributed by atoms with Crippen LogP contribution in [0.25, 0.3) is 16.7 Å². The predicted molar refractivity (Wildman–Crippen MR) is 83.7 cm³/mol. The molecule has 110 valence electrons. The van der Waals surface area contributed by atoms with E-state index in [0.29, 0.717) is 11.1 Å². The number of aryl methyl sites for hydroxylation is 1. The van der Waals surface area contributed by atoms with E-state index < -0.39 is 16.2 Å². The van der Waals surface area contributed by atoms with Gasteiger partial charge in [0.1, 0.15) is 10.7 Å². The average Bonchev–Trinajstić information content (AvgIpc) is 2.49. The van der Waals surface area contributed by atoms with Crippen molar-refractivity contribution in [2.45, 2.75) is 6.92 Å². The van der Waals surface area contributed by atoms with Gasteiger partial charge in [-0.15, -0.1) is 0 Å². The van der Waals surface area contributed by atoms with Crippen LogP contribution < -0.4 is 5.56 Å². The summed E-state index contributed by atoms with van der Waals surface area (Å²) in [7, 11) is 0. The number of pyridine rings is 2. The third-order valence-corrected chi connectivity index (χ3v) is 3.71. The van der Waals surface area contributed by atoms with Crippen molar-refractivity contribution in [2.24, 2.45) is 0 Å². The summed E-state index contributed by atoms with van der Waals surface area (Å²) in [4.78, 5) is 27.1. The minimum absolute atomic E-state index is 0.193. The largest absolute Gasteiger partial charge is 0.353 e. The first-order valence-electron chi connectivity index (χ1n) is 6.41. The smallest absolute Gasteiger partial charge is 0.261 e. The molecule has 0 saturated heterocycles. The Labute approximate surface area is 129 Å². The third-order valence-electron chi connectivity index (χ3n) is 3.32. The van der Waals surface area contributed by atoms with Crippen LogP contribution in [0.15, 0.2) is 47.4 Å². The van der Waals surface area contributed by atoms with Crippen molar-refractivity contribution in [3.05, 3.63) is 73.6 Å². The first-order valence-corrected chi connectivity index (χ1v) is 6.79. The highest BCUT2D eigenvalue weighted by atomic mass is 35.5. The van der Waals surface area contributed by atoms with E-state index in [1.54, 1.807) is 24.3 Å². The summed E-state index contributed by atoms with van der Waals surface area (Å²) in [5.41, 5.74) is 0.344. The fourth-order valence-corrected chi connectivity index (χ4v) is 2.56. The molecule has 2 aromatic heterocycles. The van der Waals surface area contributed by atoms with Crippen LogP contribution in [0, 0.1) is 17.0 Å². The van der Waals surface area contributed by atoms with Crippen LogP contribution in [0.3, 0.4) is 0 Å². The number of fused-ring (bicyclic) bond motifs is 1. The molecule has 1 aromatic carbocycles. The van der Waals surface area contributed by atoms with Crippen LogP contribution in [0.1, 0.15) is 5.56 Å². The van der Waals surface area contributed by atoms with Crippen molar-refractivity contribution in [1.29, 1.82) is 0 Å². The van der Waals surface area contributed by atoms with Crippen molar-refractivity contribution >= 4 is 28.3 Å². The molecule has 0 unspecified atom stereocenters. The molecule has 2 heterocycles. The van der Waals surface area contributed by atoms with Crippen molar-refractivity contribution in [3.63, 3.8) is 0 Å². The van der Waals surface area contributed by atoms with E-state index >= 15 is 0 Å². The Morgan fingerprint density at radius 1 is 1.23 bits per heavy atom. The summed E-state index contributed by atoms with van der Waals surface area (Å²) in [5, 5.41) is 11.4. The molecule has 0 fully saturated rings. The zero-order chi connectivity index (χ0) is 15.9. The van der Waals surface area contributed by atoms with Crippen LogP contribution in [0.4, 0.5) is 5.69 Å². The van der Waals surface area contributed by atoms with E-state index in [4.69, 9.17) is 11.6 Å². The molecule has 7 heteroatoms. The van der Waals surface area contributed by atoms with Gasteiger partial charge in [0.2, 0.25) is 0 Å². The first kappa shape index (κ1) is 14.2. The number of halogens is 1. The molecule has 3 aromatic rings. The summed E-state index contributed by atoms with van der Waals surface area (Å²) in [6.45, 7) is 1.91. The van der Waals surface area contributed by atoms with E-state index in [2.05, 4.69) is 4.98 Å². The molecular weight excluding hydrogens is 306 g/mol. The first-order chi connectivity index (χ1) is 10.5. The number of nitrogens with zero attached hydrogens (tertiary/aromatic N) is 3. The Hall–Kier alpha value is -2.73. The Balaban J connectivity index is 2.50. The van der Waals surface area contributed by atoms with Gasteiger partial charge >= 0.3 is 11.2 Å². The summed E-state index contributed by atoms with van der Waals surface area (Å²) in [6, 6.07) is 10.3. The van der Waals surface area contributed by atoms with Crippen LogP contribution in [-0.2, 0) is 0 Å². The lowest BCUT2D eigenvalue weighted by Gasteiger charge is -2.11. The molecule has 22 heavy (non-hydrogen) atoms. The standard InChI is InChI=1S/C15H10ClN3O3/c1-9-4-6-10(7-5-9)18-14-11(3-2-8-17-14)12(16)13(15(18)20)19(21)22/h2-8H,1H3. The average molecular weight is 316 g/mol. The Morgan fingerprint density at radius 3 is 2.55 bits per heavy atom. The van der Waals surface area contributed by atoms with E-state index in [1.165, 1.54) is 10.8 Å². The van der Waals surface area contributed by atoms with Crippen LogP contribution in [0.2, 0.25) is 5.02 Å². The van der Waals surface area contributed by atoms with Gasteiger partial charge in [0.25, 0.3) is 0 Å². The molecule has 0 atom stereocenters. The molecule has 0 spiro atoms. The predicted octanol–water partition coefficient (Wildman–Crippen LogP) is 3.26. The molecule has 0 N–H and O–H groups in total.